The van der Waals surface area contributed by atoms with E-state index < -0.39 is 21.7 Å². The van der Waals surface area contributed by atoms with Gasteiger partial charge >= 0.3 is 0 Å². The van der Waals surface area contributed by atoms with Gasteiger partial charge in [0.25, 0.3) is 5.91 Å². The molecule has 1 aromatic heterocycles. The van der Waals surface area contributed by atoms with Crippen LogP contribution >= 0.6 is 11.6 Å². The molecule has 2 aromatic rings. The summed E-state index contributed by atoms with van der Waals surface area (Å²) in [7, 11) is -2.38. The first-order chi connectivity index (χ1) is 10.3. The first-order valence-corrected chi connectivity index (χ1v) is 8.15. The van der Waals surface area contributed by atoms with E-state index in [0.717, 1.165) is 0 Å². The molecule has 1 amide bonds. The van der Waals surface area contributed by atoms with E-state index >= 15 is 0 Å². The van der Waals surface area contributed by atoms with Gasteiger partial charge in [-0.2, -0.15) is 4.98 Å². The third-order valence-corrected chi connectivity index (χ3v) is 4.01. The van der Waals surface area contributed by atoms with E-state index in [1.807, 2.05) is 0 Å². The standard InChI is InChI=1S/C12H13ClN4O4S/c1-7-15-11(16-21-7)6-22(19,20)17-10-4-3-8(13)5-9(10)12(18)14-2/h3-5,17H,6H2,1-2H3,(H,14,18). The van der Waals surface area contributed by atoms with E-state index in [0.29, 0.717) is 5.02 Å². The van der Waals surface area contributed by atoms with Crippen molar-refractivity contribution >= 4 is 33.2 Å². The molecule has 8 nitrogen and oxygen atoms in total. The maximum atomic E-state index is 12.1. The number of carbonyl (C=O) groups excluding carboxylic acids is 1. The molecule has 0 aliphatic heterocycles. The Balaban J connectivity index is 2.27. The third-order valence-electron chi connectivity index (χ3n) is 2.61. The lowest BCUT2D eigenvalue weighted by Gasteiger charge is -2.11. The smallest absolute Gasteiger partial charge is 0.253 e. The molecule has 10 heteroatoms. The highest BCUT2D eigenvalue weighted by molar-refractivity contribution is 7.91. The lowest BCUT2D eigenvalue weighted by molar-refractivity contribution is 0.0964. The molecular formula is C12H13ClN4O4S. The van der Waals surface area contributed by atoms with Gasteiger partial charge in [-0.25, -0.2) is 8.42 Å². The zero-order chi connectivity index (χ0) is 16.3. The minimum absolute atomic E-state index is 0.0282. The largest absolute Gasteiger partial charge is 0.355 e. The minimum Gasteiger partial charge on any atom is -0.355 e. The Morgan fingerprint density at radius 3 is 2.73 bits per heavy atom. The van der Waals surface area contributed by atoms with Crippen LogP contribution in [0.2, 0.25) is 5.02 Å². The molecule has 2 N–H and O–H groups in total. The van der Waals surface area contributed by atoms with Crippen LogP contribution in [0.15, 0.2) is 22.7 Å². The van der Waals surface area contributed by atoms with E-state index in [9.17, 15) is 13.2 Å². The second kappa shape index (κ2) is 6.32. The van der Waals surface area contributed by atoms with Gasteiger partial charge in [-0.1, -0.05) is 16.8 Å². The van der Waals surface area contributed by atoms with E-state index in [1.165, 1.54) is 25.2 Å². The van der Waals surface area contributed by atoms with Gasteiger partial charge in [0.1, 0.15) is 5.75 Å². The van der Waals surface area contributed by atoms with Crippen LogP contribution in [0.3, 0.4) is 0 Å². The average Bonchev–Trinajstić information content (AvgIpc) is 2.84. The molecule has 22 heavy (non-hydrogen) atoms. The molecule has 1 aromatic carbocycles. The van der Waals surface area contributed by atoms with Crippen molar-refractivity contribution in [1.29, 1.82) is 0 Å². The molecular weight excluding hydrogens is 332 g/mol. The van der Waals surface area contributed by atoms with Crippen LogP contribution in [0.5, 0.6) is 0 Å². The summed E-state index contributed by atoms with van der Waals surface area (Å²) in [6.45, 7) is 1.55. The van der Waals surface area contributed by atoms with Crippen molar-refractivity contribution in [3.8, 4) is 0 Å². The Bertz CT molecular complexity index is 803. The molecule has 0 aliphatic carbocycles. The van der Waals surface area contributed by atoms with Crippen molar-refractivity contribution in [3.63, 3.8) is 0 Å². The molecule has 0 saturated heterocycles. The minimum atomic E-state index is -3.81. The van der Waals surface area contributed by atoms with Gasteiger partial charge in [-0.15, -0.1) is 0 Å². The van der Waals surface area contributed by atoms with Crippen molar-refractivity contribution in [2.24, 2.45) is 0 Å². The number of hydrogen-bond donors (Lipinski definition) is 2. The van der Waals surface area contributed by atoms with Gasteiger partial charge in [0.2, 0.25) is 15.9 Å². The molecule has 0 atom stereocenters. The average molecular weight is 345 g/mol. The third kappa shape index (κ3) is 3.95. The van der Waals surface area contributed by atoms with Crippen molar-refractivity contribution in [1.82, 2.24) is 15.5 Å². The van der Waals surface area contributed by atoms with E-state index in [-0.39, 0.29) is 23.0 Å². The summed E-state index contributed by atoms with van der Waals surface area (Å²) in [6.07, 6.45) is 0. The second-order valence-electron chi connectivity index (χ2n) is 4.36. The highest BCUT2D eigenvalue weighted by atomic mass is 35.5. The van der Waals surface area contributed by atoms with Crippen molar-refractivity contribution < 1.29 is 17.7 Å². The SMILES string of the molecule is CNC(=O)c1cc(Cl)ccc1NS(=O)(=O)Cc1noc(C)n1. The molecule has 0 radical (unpaired) electrons. The number of aromatic nitrogens is 2. The van der Waals surface area contributed by atoms with E-state index in [4.69, 9.17) is 16.1 Å². The Hall–Kier alpha value is -2.13. The zero-order valence-corrected chi connectivity index (χ0v) is 13.3. The maximum Gasteiger partial charge on any atom is 0.253 e. The Morgan fingerprint density at radius 1 is 1.41 bits per heavy atom. The lowest BCUT2D eigenvalue weighted by Crippen LogP contribution is -2.22. The molecule has 2 rings (SSSR count). The fraction of sp³-hybridized carbons (Fsp3) is 0.250. The molecule has 0 saturated carbocycles. The van der Waals surface area contributed by atoms with Gasteiger partial charge in [0.05, 0.1) is 11.3 Å². The number of nitrogens with one attached hydrogen (secondary N) is 2. The number of benzene rings is 1. The Morgan fingerprint density at radius 2 is 2.14 bits per heavy atom. The summed E-state index contributed by atoms with van der Waals surface area (Å²) in [5.74, 6) is -0.640. The van der Waals surface area contributed by atoms with Crippen LogP contribution in [-0.4, -0.2) is 31.5 Å². The monoisotopic (exact) mass is 344 g/mol. The highest BCUT2D eigenvalue weighted by Gasteiger charge is 2.19. The van der Waals surface area contributed by atoms with Gasteiger partial charge in [-0.05, 0) is 18.2 Å². The molecule has 0 unspecified atom stereocenters. The van der Waals surface area contributed by atoms with Gasteiger partial charge < -0.3 is 9.84 Å². The molecule has 118 valence electrons. The van der Waals surface area contributed by atoms with E-state index in [2.05, 4.69) is 20.2 Å². The molecule has 0 aliphatic rings. The topological polar surface area (TPSA) is 114 Å². The predicted molar refractivity (Wildman–Crippen MR) is 80.1 cm³/mol. The summed E-state index contributed by atoms with van der Waals surface area (Å²) in [4.78, 5) is 15.6. The number of halogens is 1. The Kier molecular flexibility index (Phi) is 4.67. The number of nitrogens with zero attached hydrogens (tertiary/aromatic N) is 2. The van der Waals surface area contributed by atoms with Crippen LogP contribution in [-0.2, 0) is 15.8 Å². The molecule has 0 bridgehead atoms. The van der Waals surface area contributed by atoms with Gasteiger partial charge in [0.15, 0.2) is 5.82 Å². The predicted octanol–water partition coefficient (Wildman–Crippen LogP) is 1.33. The van der Waals surface area contributed by atoms with Crippen LogP contribution in [0.1, 0.15) is 22.1 Å². The molecule has 0 fully saturated rings. The number of hydrogen-bond acceptors (Lipinski definition) is 6. The number of rotatable bonds is 5. The van der Waals surface area contributed by atoms with Crippen molar-refractivity contribution in [3.05, 3.63) is 40.5 Å². The quantitative estimate of drug-likeness (QED) is 0.845. The van der Waals surface area contributed by atoms with Crippen LogP contribution in [0, 0.1) is 6.92 Å². The molecule has 0 spiro atoms. The normalized spacial score (nSPS) is 11.2. The van der Waals surface area contributed by atoms with Crippen molar-refractivity contribution in [2.75, 3.05) is 11.8 Å². The summed E-state index contributed by atoms with van der Waals surface area (Å²) < 4.78 is 31.3. The fourth-order valence-corrected chi connectivity index (χ4v) is 2.92. The molecule has 1 heterocycles. The Labute approximate surface area is 131 Å². The highest BCUT2D eigenvalue weighted by Crippen LogP contribution is 2.22. The zero-order valence-electron chi connectivity index (χ0n) is 11.8. The summed E-state index contributed by atoms with van der Waals surface area (Å²) in [5.41, 5.74) is 0.229. The summed E-state index contributed by atoms with van der Waals surface area (Å²) >= 11 is 5.83. The van der Waals surface area contributed by atoms with Crippen LogP contribution in [0.25, 0.3) is 0 Å². The first kappa shape index (κ1) is 16.2. The number of aryl methyl sites for hydroxylation is 1. The number of amides is 1. The first-order valence-electron chi connectivity index (χ1n) is 6.12. The maximum absolute atomic E-state index is 12.1. The number of carbonyl (C=O) groups is 1. The second-order valence-corrected chi connectivity index (χ2v) is 6.52. The number of sulfonamides is 1. The summed E-state index contributed by atoms with van der Waals surface area (Å²) in [5, 5.41) is 6.26. The summed E-state index contributed by atoms with van der Waals surface area (Å²) in [6, 6.07) is 4.26. The van der Waals surface area contributed by atoms with Crippen LogP contribution in [0.4, 0.5) is 5.69 Å². The van der Waals surface area contributed by atoms with Gasteiger partial charge in [-0.3, -0.25) is 9.52 Å². The van der Waals surface area contributed by atoms with Crippen molar-refractivity contribution in [2.45, 2.75) is 12.7 Å². The lowest BCUT2D eigenvalue weighted by atomic mass is 10.2. The van der Waals surface area contributed by atoms with E-state index in [1.54, 1.807) is 6.92 Å². The van der Waals surface area contributed by atoms with Crippen LogP contribution < -0.4 is 10.0 Å². The van der Waals surface area contributed by atoms with Gasteiger partial charge in [0, 0.05) is 19.0 Å². The number of anilines is 1. The fourth-order valence-electron chi connectivity index (χ4n) is 1.70.